The zero-order valence-electron chi connectivity index (χ0n) is 10.6. The third-order valence-corrected chi connectivity index (χ3v) is 3.62. The molecule has 0 heterocycles. The van der Waals surface area contributed by atoms with Crippen LogP contribution in [0.1, 0.15) is 18.9 Å². The lowest BCUT2D eigenvalue weighted by atomic mass is 9.84. The SMILES string of the molecule is CC#CC(=O)C1(Cl)CC(c2ccccc2)=CC=C1N. The van der Waals surface area contributed by atoms with Crippen LogP contribution in [0.25, 0.3) is 5.57 Å². The zero-order valence-corrected chi connectivity index (χ0v) is 11.4. The molecule has 1 aliphatic rings. The van der Waals surface area contributed by atoms with Crippen LogP contribution in [0.2, 0.25) is 0 Å². The highest BCUT2D eigenvalue weighted by atomic mass is 35.5. The normalized spacial score (nSPS) is 21.8. The van der Waals surface area contributed by atoms with E-state index in [9.17, 15) is 4.79 Å². The van der Waals surface area contributed by atoms with Crippen LogP contribution in [-0.4, -0.2) is 10.7 Å². The minimum absolute atomic E-state index is 0.349. The largest absolute Gasteiger partial charge is 0.400 e. The highest BCUT2D eigenvalue weighted by molar-refractivity contribution is 6.41. The van der Waals surface area contributed by atoms with Gasteiger partial charge in [-0.2, -0.15) is 0 Å². The molecule has 2 N–H and O–H groups in total. The van der Waals surface area contributed by atoms with E-state index >= 15 is 0 Å². The van der Waals surface area contributed by atoms with Crippen LogP contribution in [-0.2, 0) is 4.79 Å². The molecule has 0 aromatic heterocycles. The van der Waals surface area contributed by atoms with Crippen molar-refractivity contribution in [3.8, 4) is 11.8 Å². The molecule has 0 fully saturated rings. The number of halogens is 1. The quantitative estimate of drug-likeness (QED) is 0.511. The Hall–Kier alpha value is -1.98. The summed E-state index contributed by atoms with van der Waals surface area (Å²) < 4.78 is 0. The first-order chi connectivity index (χ1) is 9.08. The molecule has 2 rings (SSSR count). The van der Waals surface area contributed by atoms with Crippen LogP contribution in [0.5, 0.6) is 0 Å². The summed E-state index contributed by atoms with van der Waals surface area (Å²) in [6, 6.07) is 9.80. The monoisotopic (exact) mass is 271 g/mol. The Kier molecular flexibility index (Phi) is 3.78. The van der Waals surface area contributed by atoms with E-state index in [2.05, 4.69) is 11.8 Å². The third-order valence-electron chi connectivity index (χ3n) is 3.10. The van der Waals surface area contributed by atoms with E-state index in [0.29, 0.717) is 12.1 Å². The Morgan fingerprint density at radius 2 is 2.00 bits per heavy atom. The number of nitrogens with two attached hydrogens (primary N) is 1. The maximum atomic E-state index is 12.1. The van der Waals surface area contributed by atoms with Gasteiger partial charge < -0.3 is 5.73 Å². The van der Waals surface area contributed by atoms with Crippen molar-refractivity contribution in [3.05, 3.63) is 53.7 Å². The molecule has 3 heteroatoms. The van der Waals surface area contributed by atoms with E-state index in [1.807, 2.05) is 36.4 Å². The van der Waals surface area contributed by atoms with Crippen molar-refractivity contribution in [1.29, 1.82) is 0 Å². The van der Waals surface area contributed by atoms with E-state index in [4.69, 9.17) is 17.3 Å². The average molecular weight is 272 g/mol. The number of hydrogen-bond acceptors (Lipinski definition) is 2. The molecule has 2 nitrogen and oxygen atoms in total. The fourth-order valence-electron chi connectivity index (χ4n) is 2.02. The molecule has 96 valence electrons. The lowest BCUT2D eigenvalue weighted by Crippen LogP contribution is -2.39. The van der Waals surface area contributed by atoms with Gasteiger partial charge in [-0.25, -0.2) is 0 Å². The summed E-state index contributed by atoms with van der Waals surface area (Å²) in [6.45, 7) is 1.61. The molecular formula is C16H14ClNO. The number of alkyl halides is 1. The van der Waals surface area contributed by atoms with E-state index in [0.717, 1.165) is 11.1 Å². The molecule has 0 spiro atoms. The number of benzene rings is 1. The first-order valence-corrected chi connectivity index (χ1v) is 6.34. The lowest BCUT2D eigenvalue weighted by molar-refractivity contribution is -0.115. The predicted molar refractivity (Wildman–Crippen MR) is 78.3 cm³/mol. The van der Waals surface area contributed by atoms with Crippen LogP contribution in [0.4, 0.5) is 0 Å². The second-order valence-corrected chi connectivity index (χ2v) is 5.01. The summed E-state index contributed by atoms with van der Waals surface area (Å²) in [5.41, 5.74) is 8.25. The predicted octanol–water partition coefficient (Wildman–Crippen LogP) is 2.89. The van der Waals surface area contributed by atoms with Crippen LogP contribution in [0.15, 0.2) is 48.2 Å². The van der Waals surface area contributed by atoms with Crippen molar-refractivity contribution in [2.75, 3.05) is 0 Å². The van der Waals surface area contributed by atoms with E-state index in [1.165, 1.54) is 0 Å². The van der Waals surface area contributed by atoms with E-state index < -0.39 is 4.87 Å². The number of allylic oxidation sites excluding steroid dienone is 4. The Bertz CT molecular complexity index is 619. The molecule has 1 aliphatic carbocycles. The highest BCUT2D eigenvalue weighted by Crippen LogP contribution is 2.37. The Labute approximate surface area is 117 Å². The van der Waals surface area contributed by atoms with Gasteiger partial charge in [0.05, 0.1) is 0 Å². The van der Waals surface area contributed by atoms with Gasteiger partial charge in [0.1, 0.15) is 0 Å². The van der Waals surface area contributed by atoms with Gasteiger partial charge in [0, 0.05) is 12.1 Å². The van der Waals surface area contributed by atoms with Gasteiger partial charge in [0.2, 0.25) is 5.78 Å². The van der Waals surface area contributed by atoms with Crippen LogP contribution in [0.3, 0.4) is 0 Å². The van der Waals surface area contributed by atoms with Gasteiger partial charge in [-0.05, 0) is 30.1 Å². The lowest BCUT2D eigenvalue weighted by Gasteiger charge is -2.28. The fourth-order valence-corrected chi connectivity index (χ4v) is 2.27. The molecule has 0 amide bonds. The number of carbonyl (C=O) groups is 1. The smallest absolute Gasteiger partial charge is 0.232 e. The maximum absolute atomic E-state index is 12.1. The molecule has 1 aromatic rings. The molecule has 0 aliphatic heterocycles. The summed E-state index contributed by atoms with van der Waals surface area (Å²) >= 11 is 6.41. The number of Topliss-reactive ketones (excluding diaryl/α,β-unsaturated/α-hetero) is 1. The van der Waals surface area contributed by atoms with Gasteiger partial charge in [-0.3, -0.25) is 4.79 Å². The van der Waals surface area contributed by atoms with Crippen molar-refractivity contribution in [1.82, 2.24) is 0 Å². The van der Waals surface area contributed by atoms with Gasteiger partial charge >= 0.3 is 0 Å². The van der Waals surface area contributed by atoms with Gasteiger partial charge in [-0.1, -0.05) is 42.3 Å². The molecule has 0 saturated carbocycles. The minimum Gasteiger partial charge on any atom is -0.400 e. The summed E-state index contributed by atoms with van der Waals surface area (Å²) in [4.78, 5) is 10.8. The third kappa shape index (κ3) is 2.57. The fraction of sp³-hybridized carbons (Fsp3) is 0.188. The summed E-state index contributed by atoms with van der Waals surface area (Å²) in [6.07, 6.45) is 3.94. The van der Waals surface area contributed by atoms with Gasteiger partial charge in [-0.15, -0.1) is 11.6 Å². The molecule has 1 atom stereocenters. The summed E-state index contributed by atoms with van der Waals surface area (Å²) in [5.74, 6) is 4.71. The summed E-state index contributed by atoms with van der Waals surface area (Å²) in [5, 5.41) is 0. The van der Waals surface area contributed by atoms with Gasteiger partial charge in [0.25, 0.3) is 0 Å². The second kappa shape index (κ2) is 5.34. The van der Waals surface area contributed by atoms with E-state index in [-0.39, 0.29) is 5.78 Å². The Morgan fingerprint density at radius 1 is 1.32 bits per heavy atom. The number of carbonyl (C=O) groups excluding carboxylic acids is 1. The molecule has 19 heavy (non-hydrogen) atoms. The molecule has 0 radical (unpaired) electrons. The number of ketones is 1. The van der Waals surface area contributed by atoms with Crippen molar-refractivity contribution in [2.24, 2.45) is 5.73 Å². The minimum atomic E-state index is -1.25. The standard InChI is InChI=1S/C16H14ClNO/c1-2-6-15(19)16(17)11-13(9-10-14(16)18)12-7-4-3-5-8-12/h3-5,7-10H,11,18H2,1H3. The van der Waals surface area contributed by atoms with E-state index in [1.54, 1.807) is 13.0 Å². The Balaban J connectivity index is 2.38. The van der Waals surface area contributed by atoms with Gasteiger partial charge in [0.15, 0.2) is 4.87 Å². The molecule has 0 saturated heterocycles. The van der Waals surface area contributed by atoms with Crippen LogP contribution >= 0.6 is 11.6 Å². The first kappa shape index (κ1) is 13.5. The van der Waals surface area contributed by atoms with Crippen molar-refractivity contribution in [2.45, 2.75) is 18.2 Å². The first-order valence-electron chi connectivity index (χ1n) is 5.96. The second-order valence-electron chi connectivity index (χ2n) is 4.36. The number of hydrogen-bond donors (Lipinski definition) is 1. The molecular weight excluding hydrogens is 258 g/mol. The number of rotatable bonds is 2. The molecule has 0 bridgehead atoms. The molecule has 1 aromatic carbocycles. The molecule has 1 unspecified atom stereocenters. The van der Waals surface area contributed by atoms with Crippen molar-refractivity contribution < 1.29 is 4.79 Å². The van der Waals surface area contributed by atoms with Crippen molar-refractivity contribution >= 4 is 23.0 Å². The van der Waals surface area contributed by atoms with Crippen LogP contribution in [0, 0.1) is 11.8 Å². The Morgan fingerprint density at radius 3 is 2.63 bits per heavy atom. The van der Waals surface area contributed by atoms with Crippen molar-refractivity contribution in [3.63, 3.8) is 0 Å². The van der Waals surface area contributed by atoms with Crippen LogP contribution < -0.4 is 5.73 Å². The highest BCUT2D eigenvalue weighted by Gasteiger charge is 2.40. The topological polar surface area (TPSA) is 43.1 Å². The maximum Gasteiger partial charge on any atom is 0.232 e. The average Bonchev–Trinajstić information content (AvgIpc) is 2.43. The summed E-state index contributed by atoms with van der Waals surface area (Å²) in [7, 11) is 0. The zero-order chi connectivity index (χ0) is 13.9.